The monoisotopic (exact) mass is 393 g/mol. The maximum atomic E-state index is 12.0. The molecule has 0 spiro atoms. The first-order valence-corrected chi connectivity index (χ1v) is 10.3. The molecule has 0 saturated heterocycles. The van der Waals surface area contributed by atoms with Crippen molar-refractivity contribution in [2.24, 2.45) is 0 Å². The molecule has 1 aliphatic rings. The van der Waals surface area contributed by atoms with Gasteiger partial charge in [0, 0.05) is 35.1 Å². The molecule has 0 bridgehead atoms. The van der Waals surface area contributed by atoms with E-state index < -0.39 is 10.0 Å². The predicted molar refractivity (Wildman–Crippen MR) is 98.8 cm³/mol. The summed E-state index contributed by atoms with van der Waals surface area (Å²) < 4.78 is 25.3. The third-order valence-corrected chi connectivity index (χ3v) is 5.87. The third kappa shape index (κ3) is 4.44. The van der Waals surface area contributed by atoms with Gasteiger partial charge in [-0.3, -0.25) is 4.31 Å². The van der Waals surface area contributed by atoms with Crippen LogP contribution < -0.4 is 0 Å². The number of hydrogen-bond donors (Lipinski definition) is 0. The normalized spacial score (nSPS) is 14.7. The lowest BCUT2D eigenvalue weighted by Gasteiger charge is -2.23. The van der Waals surface area contributed by atoms with Crippen LogP contribution in [0, 0.1) is 0 Å². The van der Waals surface area contributed by atoms with Gasteiger partial charge in [-0.2, -0.15) is 0 Å². The van der Waals surface area contributed by atoms with E-state index in [1.54, 1.807) is 13.1 Å². The number of benzene rings is 1. The minimum absolute atomic E-state index is 0.430. The van der Waals surface area contributed by atoms with Gasteiger partial charge in [0.15, 0.2) is 0 Å². The molecule has 0 saturated carbocycles. The Kier molecular flexibility index (Phi) is 6.06. The number of fused-ring (bicyclic) bond motifs is 1. The van der Waals surface area contributed by atoms with Gasteiger partial charge in [-0.1, -0.05) is 35.4 Å². The van der Waals surface area contributed by atoms with Crippen molar-refractivity contribution >= 4 is 50.9 Å². The highest BCUT2D eigenvalue weighted by atomic mass is 35.5. The van der Waals surface area contributed by atoms with Gasteiger partial charge in [0.1, 0.15) is 0 Å². The van der Waals surface area contributed by atoms with Crippen molar-refractivity contribution in [3.63, 3.8) is 0 Å². The van der Waals surface area contributed by atoms with Gasteiger partial charge in [-0.15, -0.1) is 11.6 Å². The molecule has 0 aliphatic heterocycles. The Morgan fingerprint density at radius 2 is 1.91 bits per heavy atom. The largest absolute Gasteiger partial charge is 0.277 e. The quantitative estimate of drug-likeness (QED) is 0.677. The zero-order chi connectivity index (χ0) is 17.2. The molecular formula is C16H18Cl3NO2S. The van der Waals surface area contributed by atoms with Crippen LogP contribution in [-0.4, -0.2) is 31.9 Å². The molecule has 0 heterocycles. The highest BCUT2D eigenvalue weighted by Crippen LogP contribution is 2.34. The summed E-state index contributed by atoms with van der Waals surface area (Å²) >= 11 is 18.2. The predicted octanol–water partition coefficient (Wildman–Crippen LogP) is 4.73. The summed E-state index contributed by atoms with van der Waals surface area (Å²) in [6.45, 7) is 0. The molecule has 1 aromatic rings. The van der Waals surface area contributed by atoms with E-state index in [1.807, 2.05) is 18.2 Å². The summed E-state index contributed by atoms with van der Waals surface area (Å²) in [4.78, 5) is 0. The van der Waals surface area contributed by atoms with Crippen molar-refractivity contribution in [1.82, 2.24) is 4.31 Å². The van der Waals surface area contributed by atoms with E-state index >= 15 is 0 Å². The Morgan fingerprint density at radius 1 is 1.22 bits per heavy atom. The number of rotatable bonds is 5. The molecule has 0 aromatic heterocycles. The second-order valence-electron chi connectivity index (χ2n) is 5.46. The number of hydrogen-bond acceptors (Lipinski definition) is 2. The molecule has 7 heteroatoms. The molecule has 1 aliphatic carbocycles. The van der Waals surface area contributed by atoms with E-state index in [4.69, 9.17) is 34.8 Å². The summed E-state index contributed by atoms with van der Waals surface area (Å²) in [5, 5.41) is 1.09. The fourth-order valence-corrected chi connectivity index (χ4v) is 3.82. The average molecular weight is 395 g/mol. The van der Waals surface area contributed by atoms with Gasteiger partial charge >= 0.3 is 0 Å². The maximum absolute atomic E-state index is 12.0. The molecule has 0 amide bonds. The molecule has 0 atom stereocenters. The van der Waals surface area contributed by atoms with Crippen LogP contribution in [0.15, 0.2) is 29.5 Å². The molecule has 126 valence electrons. The Hall–Kier alpha value is -0.680. The molecule has 23 heavy (non-hydrogen) atoms. The van der Waals surface area contributed by atoms with Gasteiger partial charge < -0.3 is 0 Å². The van der Waals surface area contributed by atoms with Gasteiger partial charge in [0.05, 0.1) is 6.26 Å². The molecule has 1 aromatic carbocycles. The summed E-state index contributed by atoms with van der Waals surface area (Å²) in [5.74, 6) is 0.521. The standard InChI is InChI=1S/C16H18Cl3NO2S/c1-20(23(2,21)22)16-10-14-12(8-13(18)9-15(14)19)6-5-11(16)4-3-7-17/h5-6,8-9H,3-4,7,10H2,1-2H3. The zero-order valence-electron chi connectivity index (χ0n) is 12.9. The molecular weight excluding hydrogens is 377 g/mol. The Labute approximate surface area is 152 Å². The van der Waals surface area contributed by atoms with Crippen molar-refractivity contribution < 1.29 is 8.42 Å². The summed E-state index contributed by atoms with van der Waals surface area (Å²) in [6, 6.07) is 3.51. The van der Waals surface area contributed by atoms with E-state index in [-0.39, 0.29) is 0 Å². The van der Waals surface area contributed by atoms with E-state index in [2.05, 4.69) is 0 Å². The van der Waals surface area contributed by atoms with Crippen LogP contribution in [0.3, 0.4) is 0 Å². The van der Waals surface area contributed by atoms with E-state index in [9.17, 15) is 8.42 Å². The summed E-state index contributed by atoms with van der Waals surface area (Å²) in [7, 11) is -1.80. The van der Waals surface area contributed by atoms with Crippen LogP contribution in [0.4, 0.5) is 0 Å². The van der Waals surface area contributed by atoms with Crippen LogP contribution in [-0.2, 0) is 16.4 Å². The van der Waals surface area contributed by atoms with Gasteiger partial charge in [0.2, 0.25) is 10.0 Å². The summed E-state index contributed by atoms with van der Waals surface area (Å²) in [6.07, 6.45) is 6.96. The zero-order valence-corrected chi connectivity index (χ0v) is 16.0. The lowest BCUT2D eigenvalue weighted by Crippen LogP contribution is -2.27. The molecule has 2 rings (SSSR count). The summed E-state index contributed by atoms with van der Waals surface area (Å²) in [5.41, 5.74) is 3.44. The van der Waals surface area contributed by atoms with Crippen LogP contribution in [0.5, 0.6) is 0 Å². The average Bonchev–Trinajstić information content (AvgIpc) is 2.63. The fourth-order valence-electron chi connectivity index (χ4n) is 2.52. The molecule has 0 N–H and O–H groups in total. The number of halogens is 3. The van der Waals surface area contributed by atoms with Gasteiger partial charge in [0.25, 0.3) is 0 Å². The third-order valence-electron chi connectivity index (χ3n) is 3.83. The first-order chi connectivity index (χ1) is 10.7. The number of nitrogens with zero attached hydrogens (tertiary/aromatic N) is 1. The first kappa shape index (κ1) is 18.7. The molecule has 0 fully saturated rings. The SMILES string of the molecule is CN(C1=C(CCCCl)C=Cc2cc(Cl)cc(Cl)c2C1)S(C)(=O)=O. The minimum atomic E-state index is -3.36. The molecule has 0 radical (unpaired) electrons. The van der Waals surface area contributed by atoms with Crippen LogP contribution in [0.1, 0.15) is 24.0 Å². The second kappa shape index (κ2) is 7.47. The number of sulfonamides is 1. The van der Waals surface area contributed by atoms with E-state index in [1.165, 1.54) is 10.6 Å². The smallest absolute Gasteiger partial charge is 0.231 e. The topological polar surface area (TPSA) is 37.4 Å². The number of allylic oxidation sites excluding steroid dienone is 3. The van der Waals surface area contributed by atoms with Crippen LogP contribution in [0.25, 0.3) is 6.08 Å². The minimum Gasteiger partial charge on any atom is -0.277 e. The van der Waals surface area contributed by atoms with Crippen LogP contribution >= 0.6 is 34.8 Å². The van der Waals surface area contributed by atoms with E-state index in [0.717, 1.165) is 28.8 Å². The first-order valence-electron chi connectivity index (χ1n) is 7.12. The molecule has 0 unspecified atom stereocenters. The fraction of sp³-hybridized carbons (Fsp3) is 0.375. The lowest BCUT2D eigenvalue weighted by atomic mass is 10.0. The number of alkyl halides is 1. The van der Waals surface area contributed by atoms with Crippen molar-refractivity contribution in [1.29, 1.82) is 0 Å². The van der Waals surface area contributed by atoms with Crippen LogP contribution in [0.2, 0.25) is 10.0 Å². The van der Waals surface area contributed by atoms with E-state index in [0.29, 0.717) is 28.8 Å². The highest BCUT2D eigenvalue weighted by molar-refractivity contribution is 7.88. The van der Waals surface area contributed by atoms with Crippen molar-refractivity contribution in [2.45, 2.75) is 19.3 Å². The second-order valence-corrected chi connectivity index (χ2v) is 8.70. The maximum Gasteiger partial charge on any atom is 0.231 e. The molecule has 3 nitrogen and oxygen atoms in total. The Bertz CT molecular complexity index is 770. The lowest BCUT2D eigenvalue weighted by molar-refractivity contribution is 0.520. The van der Waals surface area contributed by atoms with Gasteiger partial charge in [-0.25, -0.2) is 8.42 Å². The number of likely N-dealkylation sites (N-methyl/N-ethyl adjacent to an activating group) is 1. The van der Waals surface area contributed by atoms with Crippen molar-refractivity contribution in [2.75, 3.05) is 19.2 Å². The van der Waals surface area contributed by atoms with Crippen molar-refractivity contribution in [3.8, 4) is 0 Å². The highest BCUT2D eigenvalue weighted by Gasteiger charge is 2.22. The Morgan fingerprint density at radius 3 is 2.52 bits per heavy atom. The Balaban J connectivity index is 2.56. The van der Waals surface area contributed by atoms with Gasteiger partial charge in [-0.05, 0) is 41.7 Å². The van der Waals surface area contributed by atoms with Crippen molar-refractivity contribution in [3.05, 3.63) is 50.7 Å².